The molecule has 1 unspecified atom stereocenters. The van der Waals surface area contributed by atoms with Gasteiger partial charge in [-0.1, -0.05) is 6.07 Å². The molecule has 1 aliphatic heterocycles. The maximum absolute atomic E-state index is 5.72. The number of thioether (sulfide) groups is 1. The summed E-state index contributed by atoms with van der Waals surface area (Å²) in [6.07, 6.45) is 3.56. The number of methoxy groups -OCH3 is 1. The summed E-state index contributed by atoms with van der Waals surface area (Å²) in [6.45, 7) is 2.49. The highest BCUT2D eigenvalue weighted by molar-refractivity contribution is 14.0. The molecule has 0 bridgehead atoms. The Bertz CT molecular complexity index is 496. The number of nitrogens with one attached hydrogen (secondary N) is 2. The fraction of sp³-hybridized carbons (Fsp3) is 0.588. The molecule has 0 spiro atoms. The van der Waals surface area contributed by atoms with Crippen LogP contribution in [0.3, 0.4) is 0 Å². The number of guanidine groups is 1. The highest BCUT2D eigenvalue weighted by Gasteiger charge is 2.15. The van der Waals surface area contributed by atoms with Gasteiger partial charge in [0.05, 0.1) is 13.7 Å². The molecule has 1 fully saturated rings. The van der Waals surface area contributed by atoms with Gasteiger partial charge >= 0.3 is 0 Å². The summed E-state index contributed by atoms with van der Waals surface area (Å²) in [5.41, 5.74) is 0. The lowest BCUT2D eigenvalue weighted by Crippen LogP contribution is -2.40. The molecule has 2 rings (SSSR count). The third kappa shape index (κ3) is 7.83. The minimum absolute atomic E-state index is 0. The highest BCUT2D eigenvalue weighted by atomic mass is 127. The normalized spacial score (nSPS) is 17.1. The number of nitrogens with zero attached hydrogens (tertiary/aromatic N) is 1. The molecule has 5 nitrogen and oxygen atoms in total. The highest BCUT2D eigenvalue weighted by Crippen LogP contribution is 2.25. The van der Waals surface area contributed by atoms with E-state index in [1.807, 2.05) is 31.3 Å². The molecule has 7 heteroatoms. The zero-order valence-corrected chi connectivity index (χ0v) is 17.6. The maximum Gasteiger partial charge on any atom is 0.191 e. The second-order valence-electron chi connectivity index (χ2n) is 5.40. The molecule has 1 aromatic carbocycles. The van der Waals surface area contributed by atoms with Crippen molar-refractivity contribution in [2.75, 3.05) is 39.6 Å². The third-order valence-electron chi connectivity index (χ3n) is 3.67. The first-order chi connectivity index (χ1) is 11.3. The van der Waals surface area contributed by atoms with E-state index in [9.17, 15) is 0 Å². The van der Waals surface area contributed by atoms with Crippen LogP contribution in [0.5, 0.6) is 11.5 Å². The Labute approximate surface area is 166 Å². The van der Waals surface area contributed by atoms with Crippen LogP contribution in [0.2, 0.25) is 0 Å². The molecule has 136 valence electrons. The van der Waals surface area contributed by atoms with Crippen molar-refractivity contribution in [3.63, 3.8) is 0 Å². The third-order valence-corrected chi connectivity index (χ3v) is 5.07. The summed E-state index contributed by atoms with van der Waals surface area (Å²) in [6, 6.07) is 7.68. The number of aliphatic imine (C=N–C) groups is 1. The van der Waals surface area contributed by atoms with Crippen molar-refractivity contribution in [3.05, 3.63) is 24.3 Å². The average molecular weight is 465 g/mol. The maximum atomic E-state index is 5.72. The van der Waals surface area contributed by atoms with Gasteiger partial charge in [0.2, 0.25) is 0 Å². The second-order valence-corrected chi connectivity index (χ2v) is 6.80. The van der Waals surface area contributed by atoms with E-state index in [4.69, 9.17) is 9.47 Å². The van der Waals surface area contributed by atoms with Gasteiger partial charge in [0, 0.05) is 31.5 Å². The van der Waals surface area contributed by atoms with Crippen LogP contribution in [0.4, 0.5) is 0 Å². The van der Waals surface area contributed by atoms with Crippen LogP contribution in [0.25, 0.3) is 0 Å². The van der Waals surface area contributed by atoms with Gasteiger partial charge in [0.25, 0.3) is 0 Å². The van der Waals surface area contributed by atoms with E-state index in [2.05, 4.69) is 27.4 Å². The zero-order chi connectivity index (χ0) is 16.3. The van der Waals surface area contributed by atoms with Crippen LogP contribution in [-0.4, -0.2) is 50.8 Å². The zero-order valence-electron chi connectivity index (χ0n) is 14.4. The Hall–Kier alpha value is -0.830. The van der Waals surface area contributed by atoms with Crippen molar-refractivity contribution in [2.24, 2.45) is 4.99 Å². The van der Waals surface area contributed by atoms with Crippen molar-refractivity contribution >= 4 is 41.7 Å². The van der Waals surface area contributed by atoms with Gasteiger partial charge in [-0.2, -0.15) is 11.8 Å². The van der Waals surface area contributed by atoms with E-state index in [1.165, 1.54) is 18.6 Å². The molecule has 0 amide bonds. The van der Waals surface area contributed by atoms with Crippen molar-refractivity contribution in [1.29, 1.82) is 0 Å². The van der Waals surface area contributed by atoms with Crippen molar-refractivity contribution in [1.82, 2.24) is 10.6 Å². The topological polar surface area (TPSA) is 54.9 Å². The van der Waals surface area contributed by atoms with Gasteiger partial charge in [-0.05, 0) is 37.1 Å². The summed E-state index contributed by atoms with van der Waals surface area (Å²) in [4.78, 5) is 4.26. The van der Waals surface area contributed by atoms with Gasteiger partial charge in [-0.15, -0.1) is 24.0 Å². The molecule has 1 aliphatic rings. The molecule has 1 saturated heterocycles. The van der Waals surface area contributed by atoms with Crippen molar-refractivity contribution in [2.45, 2.75) is 24.5 Å². The summed E-state index contributed by atoms with van der Waals surface area (Å²) in [7, 11) is 3.47. The van der Waals surface area contributed by atoms with Gasteiger partial charge in [0.15, 0.2) is 5.96 Å². The van der Waals surface area contributed by atoms with E-state index in [0.29, 0.717) is 6.61 Å². The summed E-state index contributed by atoms with van der Waals surface area (Å²) in [5.74, 6) is 3.82. The monoisotopic (exact) mass is 465 g/mol. The SMILES string of the molecule is CN=C(NCCCOc1cccc(OC)c1)NCC1CCCS1.I. The summed E-state index contributed by atoms with van der Waals surface area (Å²) in [5, 5.41) is 7.45. The van der Waals surface area contributed by atoms with Gasteiger partial charge in [-0.3, -0.25) is 4.99 Å². The van der Waals surface area contributed by atoms with Crippen LogP contribution in [-0.2, 0) is 0 Å². The van der Waals surface area contributed by atoms with E-state index in [1.54, 1.807) is 7.11 Å². The molecule has 0 aromatic heterocycles. The molecule has 1 heterocycles. The Balaban J connectivity index is 0.00000288. The Morgan fingerprint density at radius 1 is 1.33 bits per heavy atom. The lowest BCUT2D eigenvalue weighted by Gasteiger charge is -2.15. The fourth-order valence-electron chi connectivity index (χ4n) is 2.40. The standard InChI is InChI=1S/C17H27N3O2S.HI/c1-18-17(20-13-16-8-4-11-23-16)19-9-5-10-22-15-7-3-6-14(12-15)21-2;/h3,6-7,12,16H,4-5,8-11,13H2,1-2H3,(H2,18,19,20);1H. The fourth-order valence-corrected chi connectivity index (χ4v) is 3.60. The lowest BCUT2D eigenvalue weighted by molar-refractivity contribution is 0.308. The minimum Gasteiger partial charge on any atom is -0.497 e. The number of ether oxygens (including phenoxy) is 2. The van der Waals surface area contributed by atoms with Crippen molar-refractivity contribution in [3.8, 4) is 11.5 Å². The smallest absolute Gasteiger partial charge is 0.191 e. The number of rotatable bonds is 8. The molecular weight excluding hydrogens is 437 g/mol. The number of benzene rings is 1. The average Bonchev–Trinajstić information content (AvgIpc) is 3.11. The van der Waals surface area contributed by atoms with Crippen LogP contribution in [0.15, 0.2) is 29.3 Å². The number of hydrogen-bond donors (Lipinski definition) is 2. The minimum atomic E-state index is 0. The van der Waals surface area contributed by atoms with Crippen LogP contribution in [0, 0.1) is 0 Å². The molecule has 2 N–H and O–H groups in total. The molecule has 24 heavy (non-hydrogen) atoms. The van der Waals surface area contributed by atoms with Crippen LogP contribution in [0.1, 0.15) is 19.3 Å². The molecule has 0 saturated carbocycles. The molecule has 1 aromatic rings. The quantitative estimate of drug-likeness (QED) is 0.268. The number of halogens is 1. The van der Waals surface area contributed by atoms with E-state index in [0.717, 1.165) is 42.2 Å². The van der Waals surface area contributed by atoms with Gasteiger partial charge in [-0.25, -0.2) is 0 Å². The first kappa shape index (κ1) is 21.2. The Kier molecular flexibility index (Phi) is 11.1. The van der Waals surface area contributed by atoms with E-state index >= 15 is 0 Å². The number of hydrogen-bond acceptors (Lipinski definition) is 4. The molecule has 0 aliphatic carbocycles. The summed E-state index contributed by atoms with van der Waals surface area (Å²) < 4.78 is 10.9. The molecule has 1 atom stereocenters. The van der Waals surface area contributed by atoms with E-state index in [-0.39, 0.29) is 24.0 Å². The Morgan fingerprint density at radius 2 is 2.17 bits per heavy atom. The van der Waals surface area contributed by atoms with Crippen LogP contribution >= 0.6 is 35.7 Å². The predicted molar refractivity (Wildman–Crippen MR) is 113 cm³/mol. The van der Waals surface area contributed by atoms with Gasteiger partial charge in [0.1, 0.15) is 11.5 Å². The van der Waals surface area contributed by atoms with Crippen molar-refractivity contribution < 1.29 is 9.47 Å². The van der Waals surface area contributed by atoms with Gasteiger partial charge < -0.3 is 20.1 Å². The largest absolute Gasteiger partial charge is 0.497 e. The summed E-state index contributed by atoms with van der Waals surface area (Å²) >= 11 is 2.05. The predicted octanol–water partition coefficient (Wildman–Crippen LogP) is 3.14. The second kappa shape index (κ2) is 12.5. The lowest BCUT2D eigenvalue weighted by atomic mass is 10.2. The Morgan fingerprint density at radius 3 is 2.88 bits per heavy atom. The first-order valence-corrected chi connectivity index (χ1v) is 9.19. The molecule has 0 radical (unpaired) electrons. The first-order valence-electron chi connectivity index (χ1n) is 8.15. The van der Waals surface area contributed by atoms with Crippen LogP contribution < -0.4 is 20.1 Å². The molecular formula is C17H28IN3O2S. The van der Waals surface area contributed by atoms with E-state index < -0.39 is 0 Å².